The van der Waals surface area contributed by atoms with Gasteiger partial charge in [-0.25, -0.2) is 4.39 Å². The summed E-state index contributed by atoms with van der Waals surface area (Å²) in [4.78, 5) is 11.0. The first kappa shape index (κ1) is 14.3. The lowest BCUT2D eigenvalue weighted by Gasteiger charge is -2.22. The Kier molecular flexibility index (Phi) is 4.52. The Morgan fingerprint density at radius 3 is 2.28 bits per heavy atom. The quantitative estimate of drug-likeness (QED) is 0.819. The Hall–Kier alpha value is -1.79. The average molecular weight is 264 g/mol. The molecule has 0 aliphatic heterocycles. The number of halogens is 4. The van der Waals surface area contributed by atoms with Gasteiger partial charge in [-0.3, -0.25) is 4.79 Å². The number of rotatable bonds is 4. The topological polar surface area (TPSA) is 41.1 Å². The van der Waals surface area contributed by atoms with Crippen molar-refractivity contribution in [3.05, 3.63) is 30.1 Å². The number of benzene rings is 1. The van der Waals surface area contributed by atoms with Crippen LogP contribution in [0.25, 0.3) is 0 Å². The van der Waals surface area contributed by atoms with Gasteiger partial charge in [-0.2, -0.15) is 13.2 Å². The van der Waals surface area contributed by atoms with E-state index in [9.17, 15) is 22.4 Å². The number of carbonyl (C=O) groups excluding carboxylic acids is 1. The van der Waals surface area contributed by atoms with Crippen molar-refractivity contribution in [1.29, 1.82) is 0 Å². The zero-order chi connectivity index (χ0) is 13.8. The maximum absolute atomic E-state index is 12.7. The van der Waals surface area contributed by atoms with E-state index in [1.807, 2.05) is 0 Å². The molecule has 0 spiro atoms. The summed E-state index contributed by atoms with van der Waals surface area (Å²) >= 11 is 0. The number of carbonyl (C=O) groups is 1. The van der Waals surface area contributed by atoms with Gasteiger partial charge >= 0.3 is 6.18 Å². The molecule has 0 fully saturated rings. The molecule has 3 nitrogen and oxygen atoms in total. The van der Waals surface area contributed by atoms with Gasteiger partial charge in [0, 0.05) is 12.7 Å². The van der Waals surface area contributed by atoms with E-state index in [0.717, 1.165) is 12.1 Å². The van der Waals surface area contributed by atoms with Crippen molar-refractivity contribution in [2.24, 2.45) is 0 Å². The van der Waals surface area contributed by atoms with E-state index in [1.54, 1.807) is 0 Å². The van der Waals surface area contributed by atoms with Crippen LogP contribution in [-0.4, -0.2) is 25.2 Å². The van der Waals surface area contributed by atoms with Crippen LogP contribution in [0.4, 0.5) is 23.2 Å². The molecule has 7 heteroatoms. The van der Waals surface area contributed by atoms with Gasteiger partial charge in [-0.15, -0.1) is 0 Å². The fourth-order valence-corrected chi connectivity index (χ4v) is 1.28. The van der Waals surface area contributed by atoms with Gasteiger partial charge in [0.1, 0.15) is 11.9 Å². The van der Waals surface area contributed by atoms with Crippen molar-refractivity contribution in [3.63, 3.8) is 0 Å². The fourth-order valence-electron chi connectivity index (χ4n) is 1.28. The minimum atomic E-state index is -4.57. The molecule has 1 aromatic rings. The molecule has 0 heterocycles. The second-order valence-corrected chi connectivity index (χ2v) is 3.62. The van der Waals surface area contributed by atoms with Gasteiger partial charge < -0.3 is 10.6 Å². The smallest absolute Gasteiger partial charge is 0.374 e. The summed E-state index contributed by atoms with van der Waals surface area (Å²) < 4.78 is 50.6. The number of alkyl halides is 3. The normalized spacial score (nSPS) is 12.9. The predicted octanol–water partition coefficient (Wildman–Crippen LogP) is 2.30. The van der Waals surface area contributed by atoms with Crippen molar-refractivity contribution in [2.45, 2.75) is 18.6 Å². The first-order valence-electron chi connectivity index (χ1n) is 5.12. The minimum Gasteiger partial charge on any atom is -0.374 e. The molecule has 0 radical (unpaired) electrons. The van der Waals surface area contributed by atoms with Gasteiger partial charge in [-0.1, -0.05) is 0 Å². The second-order valence-electron chi connectivity index (χ2n) is 3.62. The lowest BCUT2D eigenvalue weighted by molar-refractivity contribution is -0.150. The third kappa shape index (κ3) is 4.23. The van der Waals surface area contributed by atoms with Gasteiger partial charge in [0.2, 0.25) is 5.91 Å². The summed E-state index contributed by atoms with van der Waals surface area (Å²) in [6, 6.07) is 2.42. The first-order valence-corrected chi connectivity index (χ1v) is 5.12. The largest absolute Gasteiger partial charge is 0.409 e. The Balaban J connectivity index is 2.78. The molecule has 2 N–H and O–H groups in total. The standard InChI is InChI=1S/C11H12F4N2O/c1-16-10(18)6-9(11(13,14)15)17-8-4-2-7(12)3-5-8/h2-5,9,17H,6H2,1H3,(H,16,18). The van der Waals surface area contributed by atoms with Crippen molar-refractivity contribution >= 4 is 11.6 Å². The molecule has 1 unspecified atom stereocenters. The molecular weight excluding hydrogens is 252 g/mol. The lowest BCUT2D eigenvalue weighted by Crippen LogP contribution is -2.40. The van der Waals surface area contributed by atoms with E-state index in [4.69, 9.17) is 0 Å². The number of amides is 1. The van der Waals surface area contributed by atoms with Crippen molar-refractivity contribution < 1.29 is 22.4 Å². The molecule has 1 rings (SSSR count). The van der Waals surface area contributed by atoms with Crippen LogP contribution < -0.4 is 10.6 Å². The number of anilines is 1. The number of hydrogen-bond acceptors (Lipinski definition) is 2. The maximum atomic E-state index is 12.7. The molecule has 1 amide bonds. The van der Waals surface area contributed by atoms with Crippen LogP contribution in [0.15, 0.2) is 24.3 Å². The Morgan fingerprint density at radius 2 is 1.83 bits per heavy atom. The third-order valence-electron chi connectivity index (χ3n) is 2.25. The summed E-state index contributed by atoms with van der Waals surface area (Å²) in [6.07, 6.45) is -5.31. The zero-order valence-electron chi connectivity index (χ0n) is 9.51. The van der Waals surface area contributed by atoms with E-state index in [-0.39, 0.29) is 5.69 Å². The summed E-state index contributed by atoms with van der Waals surface area (Å²) in [7, 11) is 1.26. The molecule has 1 aromatic carbocycles. The lowest BCUT2D eigenvalue weighted by atomic mass is 10.1. The maximum Gasteiger partial charge on any atom is 0.409 e. The van der Waals surface area contributed by atoms with Gasteiger partial charge in [-0.05, 0) is 24.3 Å². The number of hydrogen-bond donors (Lipinski definition) is 2. The highest BCUT2D eigenvalue weighted by molar-refractivity contribution is 5.76. The second kappa shape index (κ2) is 5.70. The van der Waals surface area contributed by atoms with E-state index in [0.29, 0.717) is 0 Å². The zero-order valence-corrected chi connectivity index (χ0v) is 9.51. The van der Waals surface area contributed by atoms with Crippen LogP contribution in [0, 0.1) is 5.82 Å². The highest BCUT2D eigenvalue weighted by Gasteiger charge is 2.40. The Morgan fingerprint density at radius 1 is 1.28 bits per heavy atom. The van der Waals surface area contributed by atoms with Crippen LogP contribution in [-0.2, 0) is 4.79 Å². The molecule has 100 valence electrons. The molecule has 0 aliphatic carbocycles. The van der Waals surface area contributed by atoms with Crippen LogP contribution in [0.2, 0.25) is 0 Å². The van der Waals surface area contributed by atoms with Crippen LogP contribution >= 0.6 is 0 Å². The molecule has 0 saturated carbocycles. The van der Waals surface area contributed by atoms with E-state index in [1.165, 1.54) is 19.2 Å². The molecule has 18 heavy (non-hydrogen) atoms. The third-order valence-corrected chi connectivity index (χ3v) is 2.25. The predicted molar refractivity (Wildman–Crippen MR) is 58.5 cm³/mol. The van der Waals surface area contributed by atoms with E-state index < -0.39 is 30.4 Å². The molecule has 0 bridgehead atoms. The number of nitrogens with one attached hydrogen (secondary N) is 2. The van der Waals surface area contributed by atoms with Crippen LogP contribution in [0.1, 0.15) is 6.42 Å². The highest BCUT2D eigenvalue weighted by Crippen LogP contribution is 2.26. The van der Waals surface area contributed by atoms with Crippen molar-refractivity contribution in [3.8, 4) is 0 Å². The Bertz CT molecular complexity index is 402. The van der Waals surface area contributed by atoms with Crippen LogP contribution in [0.5, 0.6) is 0 Å². The molecular formula is C11H12F4N2O. The average Bonchev–Trinajstić information content (AvgIpc) is 2.29. The first-order chi connectivity index (χ1) is 8.32. The molecule has 0 aromatic heterocycles. The molecule has 0 saturated heterocycles. The fraction of sp³-hybridized carbons (Fsp3) is 0.364. The van der Waals surface area contributed by atoms with E-state index >= 15 is 0 Å². The van der Waals surface area contributed by atoms with Crippen molar-refractivity contribution in [2.75, 3.05) is 12.4 Å². The summed E-state index contributed by atoms with van der Waals surface area (Å²) in [5.41, 5.74) is 0.0997. The van der Waals surface area contributed by atoms with Gasteiger partial charge in [0.25, 0.3) is 0 Å². The minimum absolute atomic E-state index is 0.0997. The van der Waals surface area contributed by atoms with Gasteiger partial charge in [0.05, 0.1) is 6.42 Å². The van der Waals surface area contributed by atoms with Crippen molar-refractivity contribution in [1.82, 2.24) is 5.32 Å². The molecule has 0 aliphatic rings. The summed E-state index contributed by atoms with van der Waals surface area (Å²) in [5, 5.41) is 4.28. The van der Waals surface area contributed by atoms with E-state index in [2.05, 4.69) is 10.6 Å². The SMILES string of the molecule is CNC(=O)CC(Nc1ccc(F)cc1)C(F)(F)F. The Labute approximate surface area is 101 Å². The van der Waals surface area contributed by atoms with Crippen LogP contribution in [0.3, 0.4) is 0 Å². The van der Waals surface area contributed by atoms with Gasteiger partial charge in [0.15, 0.2) is 0 Å². The molecule has 1 atom stereocenters. The highest BCUT2D eigenvalue weighted by atomic mass is 19.4. The monoisotopic (exact) mass is 264 g/mol. The summed E-state index contributed by atoms with van der Waals surface area (Å²) in [5.74, 6) is -1.28. The summed E-state index contributed by atoms with van der Waals surface area (Å²) in [6.45, 7) is 0.